The van der Waals surface area contributed by atoms with Gasteiger partial charge in [-0.1, -0.05) is 5.16 Å². The molecule has 2 N–H and O–H groups in total. The van der Waals surface area contributed by atoms with Crippen LogP contribution in [0.1, 0.15) is 19.2 Å². The Morgan fingerprint density at radius 2 is 2.39 bits per heavy atom. The van der Waals surface area contributed by atoms with E-state index >= 15 is 0 Å². The molecule has 0 bridgehead atoms. The van der Waals surface area contributed by atoms with Crippen LogP contribution in [0.2, 0.25) is 0 Å². The van der Waals surface area contributed by atoms with Gasteiger partial charge in [-0.2, -0.15) is 10.1 Å². The fraction of sp³-hybridized carbons (Fsp3) is 0.600. The highest BCUT2D eigenvalue weighted by atomic mass is 16.5. The highest BCUT2D eigenvalue weighted by molar-refractivity contribution is 5.39. The Balaban J connectivity index is 1.90. The van der Waals surface area contributed by atoms with Crippen LogP contribution >= 0.6 is 0 Å². The smallest absolute Gasteiger partial charge is 0.241 e. The van der Waals surface area contributed by atoms with Crippen LogP contribution in [0.5, 0.6) is 0 Å². The molecule has 1 unspecified atom stereocenters. The summed E-state index contributed by atoms with van der Waals surface area (Å²) in [5, 5.41) is 19.4. The summed E-state index contributed by atoms with van der Waals surface area (Å²) >= 11 is 0. The first kappa shape index (κ1) is 12.7. The van der Waals surface area contributed by atoms with Crippen LogP contribution in [-0.2, 0) is 6.54 Å². The van der Waals surface area contributed by atoms with Crippen molar-refractivity contribution in [3.8, 4) is 11.6 Å². The van der Waals surface area contributed by atoms with Gasteiger partial charge in [0.1, 0.15) is 6.33 Å². The topological polar surface area (TPSA) is 104 Å². The monoisotopic (exact) mass is 252 g/mol. The summed E-state index contributed by atoms with van der Waals surface area (Å²) in [6.07, 6.45) is 1.79. The van der Waals surface area contributed by atoms with Gasteiger partial charge < -0.3 is 9.63 Å². The highest BCUT2D eigenvalue weighted by Crippen LogP contribution is 2.10. The van der Waals surface area contributed by atoms with Crippen LogP contribution in [0.4, 0.5) is 0 Å². The lowest BCUT2D eigenvalue weighted by Crippen LogP contribution is -2.22. The van der Waals surface area contributed by atoms with Gasteiger partial charge in [-0.15, -0.1) is 0 Å². The molecule has 0 saturated heterocycles. The molecule has 0 saturated carbocycles. The fourth-order valence-corrected chi connectivity index (χ4v) is 1.45. The number of aromatic nitrogens is 5. The molecule has 98 valence electrons. The lowest BCUT2D eigenvalue weighted by atomic mass is 10.3. The minimum absolute atomic E-state index is 0.306. The zero-order valence-corrected chi connectivity index (χ0v) is 10.4. The summed E-state index contributed by atoms with van der Waals surface area (Å²) in [6.45, 7) is 3.06. The highest BCUT2D eigenvalue weighted by Gasteiger charge is 2.12. The average Bonchev–Trinajstić information content (AvgIpc) is 2.95. The average molecular weight is 252 g/mol. The number of nitrogens with one attached hydrogen (secondary N) is 1. The predicted molar refractivity (Wildman–Crippen MR) is 62.3 cm³/mol. The van der Waals surface area contributed by atoms with Gasteiger partial charge in [0, 0.05) is 6.54 Å². The van der Waals surface area contributed by atoms with Gasteiger partial charge in [-0.05, 0) is 20.4 Å². The second-order valence-electron chi connectivity index (χ2n) is 4.22. The Bertz CT molecular complexity index is 466. The first-order valence-electron chi connectivity index (χ1n) is 5.70. The van der Waals surface area contributed by atoms with E-state index in [9.17, 15) is 5.11 Å². The van der Waals surface area contributed by atoms with Crippen molar-refractivity contribution in [2.45, 2.75) is 26.0 Å². The van der Waals surface area contributed by atoms with Crippen LogP contribution in [-0.4, -0.2) is 55.0 Å². The molecule has 2 aromatic rings. The molecule has 0 aliphatic carbocycles. The van der Waals surface area contributed by atoms with Crippen molar-refractivity contribution in [3.05, 3.63) is 12.2 Å². The van der Waals surface area contributed by atoms with E-state index in [1.807, 2.05) is 11.9 Å². The molecule has 0 aliphatic rings. The summed E-state index contributed by atoms with van der Waals surface area (Å²) in [5.74, 6) is 1.39. The van der Waals surface area contributed by atoms with Crippen LogP contribution in [0, 0.1) is 0 Å². The SMILES string of the molecule is CC(O)CCN(C)Cc1nc(-c2ncn[nH]2)no1. The van der Waals surface area contributed by atoms with Crippen molar-refractivity contribution in [2.75, 3.05) is 13.6 Å². The van der Waals surface area contributed by atoms with E-state index in [0.717, 1.165) is 6.54 Å². The Labute approximate surface area is 104 Å². The van der Waals surface area contributed by atoms with Gasteiger partial charge in [-0.3, -0.25) is 10.00 Å². The zero-order chi connectivity index (χ0) is 13.0. The van der Waals surface area contributed by atoms with E-state index in [1.165, 1.54) is 6.33 Å². The lowest BCUT2D eigenvalue weighted by molar-refractivity contribution is 0.158. The largest absolute Gasteiger partial charge is 0.393 e. The van der Waals surface area contributed by atoms with Crippen LogP contribution < -0.4 is 0 Å². The van der Waals surface area contributed by atoms with Crippen LogP contribution in [0.15, 0.2) is 10.9 Å². The maximum Gasteiger partial charge on any atom is 0.241 e. The molecule has 1 atom stereocenters. The standard InChI is InChI=1S/C10H16N6O2/c1-7(17)3-4-16(2)5-8-13-10(15-18-8)9-11-6-12-14-9/h6-7,17H,3-5H2,1-2H3,(H,11,12,14). The van der Waals surface area contributed by atoms with E-state index in [2.05, 4.69) is 25.3 Å². The van der Waals surface area contributed by atoms with E-state index in [1.54, 1.807) is 6.92 Å². The van der Waals surface area contributed by atoms with Gasteiger partial charge in [0.15, 0.2) is 5.82 Å². The number of hydrogen-bond acceptors (Lipinski definition) is 7. The third-order valence-electron chi connectivity index (χ3n) is 2.43. The number of rotatable bonds is 6. The van der Waals surface area contributed by atoms with E-state index in [-0.39, 0.29) is 6.10 Å². The minimum Gasteiger partial charge on any atom is -0.393 e. The molecular formula is C10H16N6O2. The Kier molecular flexibility index (Phi) is 4.00. The molecular weight excluding hydrogens is 236 g/mol. The third-order valence-corrected chi connectivity index (χ3v) is 2.43. The summed E-state index contributed by atoms with van der Waals surface area (Å²) in [6, 6.07) is 0. The van der Waals surface area contributed by atoms with Gasteiger partial charge >= 0.3 is 0 Å². The summed E-state index contributed by atoms with van der Waals surface area (Å²) < 4.78 is 5.11. The number of nitrogens with zero attached hydrogens (tertiary/aromatic N) is 5. The molecule has 0 fully saturated rings. The van der Waals surface area contributed by atoms with Gasteiger partial charge in [0.25, 0.3) is 0 Å². The lowest BCUT2D eigenvalue weighted by Gasteiger charge is -2.14. The molecule has 0 aromatic carbocycles. The summed E-state index contributed by atoms with van der Waals surface area (Å²) in [4.78, 5) is 10.1. The van der Waals surface area contributed by atoms with Crippen LogP contribution in [0.25, 0.3) is 11.6 Å². The van der Waals surface area contributed by atoms with Gasteiger partial charge in [-0.25, -0.2) is 4.98 Å². The number of aliphatic hydroxyl groups is 1. The second kappa shape index (κ2) is 5.69. The van der Waals surface area contributed by atoms with Crippen molar-refractivity contribution in [1.82, 2.24) is 30.2 Å². The first-order chi connectivity index (χ1) is 8.65. The van der Waals surface area contributed by atoms with E-state index in [0.29, 0.717) is 30.5 Å². The quantitative estimate of drug-likeness (QED) is 0.748. The molecule has 18 heavy (non-hydrogen) atoms. The van der Waals surface area contributed by atoms with Crippen molar-refractivity contribution < 1.29 is 9.63 Å². The van der Waals surface area contributed by atoms with Crippen molar-refractivity contribution in [1.29, 1.82) is 0 Å². The van der Waals surface area contributed by atoms with E-state index in [4.69, 9.17) is 4.52 Å². The normalized spacial score (nSPS) is 13.1. The van der Waals surface area contributed by atoms with Crippen LogP contribution in [0.3, 0.4) is 0 Å². The maximum atomic E-state index is 9.20. The van der Waals surface area contributed by atoms with Crippen molar-refractivity contribution in [2.24, 2.45) is 0 Å². The molecule has 8 nitrogen and oxygen atoms in total. The number of aromatic amines is 1. The second-order valence-corrected chi connectivity index (χ2v) is 4.22. The fourth-order valence-electron chi connectivity index (χ4n) is 1.45. The number of H-pyrrole nitrogens is 1. The molecule has 8 heteroatoms. The number of aliphatic hydroxyl groups excluding tert-OH is 1. The molecule has 2 rings (SSSR count). The molecule has 0 radical (unpaired) electrons. The van der Waals surface area contributed by atoms with E-state index < -0.39 is 0 Å². The third kappa shape index (κ3) is 3.34. The Morgan fingerprint density at radius 1 is 1.56 bits per heavy atom. The summed E-state index contributed by atoms with van der Waals surface area (Å²) in [5.41, 5.74) is 0. The first-order valence-corrected chi connectivity index (χ1v) is 5.70. The molecule has 2 aromatic heterocycles. The Morgan fingerprint density at radius 3 is 3.06 bits per heavy atom. The van der Waals surface area contributed by atoms with Crippen molar-refractivity contribution >= 4 is 0 Å². The predicted octanol–water partition coefficient (Wildman–Crippen LogP) is 0.0574. The van der Waals surface area contributed by atoms with Gasteiger partial charge in [0.05, 0.1) is 12.6 Å². The molecule has 0 spiro atoms. The molecule has 2 heterocycles. The zero-order valence-electron chi connectivity index (χ0n) is 10.4. The maximum absolute atomic E-state index is 9.20. The molecule has 0 amide bonds. The summed E-state index contributed by atoms with van der Waals surface area (Å²) in [7, 11) is 1.93. The van der Waals surface area contributed by atoms with Crippen molar-refractivity contribution in [3.63, 3.8) is 0 Å². The van der Waals surface area contributed by atoms with Gasteiger partial charge in [0.2, 0.25) is 11.7 Å². The Hall–Kier alpha value is -1.80. The molecule has 0 aliphatic heterocycles. The minimum atomic E-state index is -0.306. The number of hydrogen-bond donors (Lipinski definition) is 2.